The average molecular weight is 526 g/mol. The maximum atomic E-state index is 13.4. The fourth-order valence-electron chi connectivity index (χ4n) is 5.15. The SMILES string of the molecule is O=C(Cc1ccc(F)cc1)N1CCCN(C(=O)CN2CCc3sccc3[C@H]2c2ccc(Cl)cc2)CC1. The number of carbonyl (C=O) groups excluding carboxylic acids is 2. The Balaban J connectivity index is 1.23. The number of amides is 2. The first-order chi connectivity index (χ1) is 17.5. The molecule has 3 heterocycles. The first kappa shape index (κ1) is 24.9. The van der Waals surface area contributed by atoms with Crippen LogP contribution in [-0.4, -0.2) is 65.8 Å². The summed E-state index contributed by atoms with van der Waals surface area (Å²) in [4.78, 5) is 33.6. The topological polar surface area (TPSA) is 43.9 Å². The molecule has 2 aromatic carbocycles. The van der Waals surface area contributed by atoms with Crippen LogP contribution in [0, 0.1) is 5.82 Å². The van der Waals surface area contributed by atoms with Crippen molar-refractivity contribution in [3.63, 3.8) is 0 Å². The van der Waals surface area contributed by atoms with Gasteiger partial charge in [-0.15, -0.1) is 11.3 Å². The molecule has 3 aromatic rings. The molecule has 5 rings (SSSR count). The largest absolute Gasteiger partial charge is 0.341 e. The van der Waals surface area contributed by atoms with Gasteiger partial charge in [-0.3, -0.25) is 14.5 Å². The van der Waals surface area contributed by atoms with Crippen LogP contribution >= 0.6 is 22.9 Å². The first-order valence-corrected chi connectivity index (χ1v) is 13.6. The quantitative estimate of drug-likeness (QED) is 0.481. The lowest BCUT2D eigenvalue weighted by molar-refractivity contribution is -0.134. The van der Waals surface area contributed by atoms with E-state index in [1.54, 1.807) is 23.5 Å². The second-order valence-electron chi connectivity index (χ2n) is 9.39. The molecule has 8 heteroatoms. The van der Waals surface area contributed by atoms with Gasteiger partial charge >= 0.3 is 0 Å². The number of carbonyl (C=O) groups is 2. The van der Waals surface area contributed by atoms with Gasteiger partial charge in [0.05, 0.1) is 19.0 Å². The van der Waals surface area contributed by atoms with E-state index in [-0.39, 0.29) is 30.1 Å². The van der Waals surface area contributed by atoms with Gasteiger partial charge < -0.3 is 9.80 Å². The van der Waals surface area contributed by atoms with Crippen molar-refractivity contribution < 1.29 is 14.0 Å². The summed E-state index contributed by atoms with van der Waals surface area (Å²) in [6.45, 7) is 3.47. The molecule has 1 atom stereocenters. The van der Waals surface area contributed by atoms with E-state index >= 15 is 0 Å². The van der Waals surface area contributed by atoms with Gasteiger partial charge in [0, 0.05) is 42.6 Å². The number of benzene rings is 2. The lowest BCUT2D eigenvalue weighted by atomic mass is 9.93. The van der Waals surface area contributed by atoms with Crippen molar-refractivity contribution in [1.29, 1.82) is 0 Å². The Labute approximate surface area is 220 Å². The molecule has 1 aromatic heterocycles. The van der Waals surface area contributed by atoms with Crippen LogP contribution in [0.5, 0.6) is 0 Å². The van der Waals surface area contributed by atoms with Gasteiger partial charge in [0.1, 0.15) is 5.82 Å². The van der Waals surface area contributed by atoms with Crippen LogP contribution in [0.25, 0.3) is 0 Å². The van der Waals surface area contributed by atoms with E-state index in [1.165, 1.54) is 22.6 Å². The summed E-state index contributed by atoms with van der Waals surface area (Å²) >= 11 is 7.92. The summed E-state index contributed by atoms with van der Waals surface area (Å²) in [5.41, 5.74) is 3.21. The van der Waals surface area contributed by atoms with Crippen LogP contribution in [-0.2, 0) is 22.4 Å². The highest BCUT2D eigenvalue weighted by Crippen LogP contribution is 2.38. The number of fused-ring (bicyclic) bond motifs is 1. The van der Waals surface area contributed by atoms with Crippen LogP contribution in [0.15, 0.2) is 60.0 Å². The van der Waals surface area contributed by atoms with Crippen molar-refractivity contribution in [1.82, 2.24) is 14.7 Å². The third kappa shape index (κ3) is 5.64. The second-order valence-corrected chi connectivity index (χ2v) is 10.8. The molecule has 0 saturated carbocycles. The minimum absolute atomic E-state index is 0.0136. The number of hydrogen-bond donors (Lipinski definition) is 0. The van der Waals surface area contributed by atoms with Crippen molar-refractivity contribution in [3.8, 4) is 0 Å². The molecule has 2 aliphatic heterocycles. The van der Waals surface area contributed by atoms with Crippen LogP contribution in [0.2, 0.25) is 5.02 Å². The lowest BCUT2D eigenvalue weighted by Gasteiger charge is -2.37. The Hall–Kier alpha value is -2.74. The van der Waals surface area contributed by atoms with Crippen molar-refractivity contribution in [3.05, 3.63) is 92.4 Å². The zero-order chi connectivity index (χ0) is 25.1. The molecule has 188 valence electrons. The molecule has 36 heavy (non-hydrogen) atoms. The van der Waals surface area contributed by atoms with E-state index in [1.807, 2.05) is 34.1 Å². The predicted molar refractivity (Wildman–Crippen MR) is 141 cm³/mol. The van der Waals surface area contributed by atoms with Gasteiger partial charge in [-0.2, -0.15) is 0 Å². The zero-order valence-electron chi connectivity index (χ0n) is 20.0. The van der Waals surface area contributed by atoms with Crippen LogP contribution in [0.3, 0.4) is 0 Å². The molecule has 0 spiro atoms. The molecular weight excluding hydrogens is 497 g/mol. The molecule has 5 nitrogen and oxygen atoms in total. The maximum absolute atomic E-state index is 13.4. The Bertz CT molecular complexity index is 1210. The number of hydrogen-bond acceptors (Lipinski definition) is 4. The highest BCUT2D eigenvalue weighted by atomic mass is 35.5. The number of nitrogens with zero attached hydrogens (tertiary/aromatic N) is 3. The molecular formula is C28H29ClFN3O2S. The van der Waals surface area contributed by atoms with Crippen molar-refractivity contribution in [2.75, 3.05) is 39.3 Å². The summed E-state index contributed by atoms with van der Waals surface area (Å²) < 4.78 is 13.2. The van der Waals surface area contributed by atoms with E-state index in [2.05, 4.69) is 16.3 Å². The Morgan fingerprint density at radius 2 is 1.58 bits per heavy atom. The zero-order valence-corrected chi connectivity index (χ0v) is 21.6. The third-order valence-corrected chi connectivity index (χ3v) is 8.31. The Morgan fingerprint density at radius 3 is 2.31 bits per heavy atom. The number of thiophene rings is 1. The standard InChI is InChI=1S/C28H29ClFN3O2S/c29-22-6-4-21(5-7-22)28-24-11-17-36-25(24)10-14-33(28)19-27(35)32-13-1-12-31(15-16-32)26(34)18-20-2-8-23(30)9-3-20/h2-9,11,17,28H,1,10,12-16,18-19H2/t28-/m1/s1. The van der Waals surface area contributed by atoms with Gasteiger partial charge in [0.2, 0.25) is 11.8 Å². The molecule has 0 aliphatic carbocycles. The van der Waals surface area contributed by atoms with Gasteiger partial charge in [-0.1, -0.05) is 35.9 Å². The molecule has 0 unspecified atom stereocenters. The molecule has 0 bridgehead atoms. The van der Waals surface area contributed by atoms with Crippen LogP contribution in [0.1, 0.15) is 34.0 Å². The van der Waals surface area contributed by atoms with Crippen LogP contribution in [0.4, 0.5) is 4.39 Å². The summed E-state index contributed by atoms with van der Waals surface area (Å²) in [6, 6.07) is 16.2. The fourth-order valence-corrected chi connectivity index (χ4v) is 6.18. The van der Waals surface area contributed by atoms with Gasteiger partial charge in [0.25, 0.3) is 0 Å². The smallest absolute Gasteiger partial charge is 0.236 e. The molecule has 0 N–H and O–H groups in total. The van der Waals surface area contributed by atoms with E-state index in [4.69, 9.17) is 11.6 Å². The molecule has 1 fully saturated rings. The van der Waals surface area contributed by atoms with Gasteiger partial charge in [-0.05, 0) is 65.2 Å². The van der Waals surface area contributed by atoms with E-state index in [0.29, 0.717) is 37.7 Å². The third-order valence-electron chi connectivity index (χ3n) is 7.06. The number of halogens is 2. The minimum Gasteiger partial charge on any atom is -0.341 e. The van der Waals surface area contributed by atoms with E-state index in [0.717, 1.165) is 30.5 Å². The lowest BCUT2D eigenvalue weighted by Crippen LogP contribution is -2.45. The molecule has 0 radical (unpaired) electrons. The van der Waals surface area contributed by atoms with Gasteiger partial charge in [0.15, 0.2) is 0 Å². The highest BCUT2D eigenvalue weighted by Gasteiger charge is 2.32. The van der Waals surface area contributed by atoms with Crippen molar-refractivity contribution >= 4 is 34.8 Å². The summed E-state index contributed by atoms with van der Waals surface area (Å²) in [6.07, 6.45) is 1.93. The monoisotopic (exact) mass is 525 g/mol. The first-order valence-electron chi connectivity index (χ1n) is 12.3. The van der Waals surface area contributed by atoms with Crippen molar-refractivity contribution in [2.45, 2.75) is 25.3 Å². The highest BCUT2D eigenvalue weighted by molar-refractivity contribution is 7.10. The summed E-state index contributed by atoms with van der Waals surface area (Å²) in [5, 5.41) is 2.83. The Morgan fingerprint density at radius 1 is 0.889 bits per heavy atom. The molecule has 1 saturated heterocycles. The summed E-state index contributed by atoms with van der Waals surface area (Å²) in [5.74, 6) is -0.197. The molecule has 2 amide bonds. The van der Waals surface area contributed by atoms with Crippen molar-refractivity contribution in [2.24, 2.45) is 0 Å². The molecule has 2 aliphatic rings. The van der Waals surface area contributed by atoms with E-state index in [9.17, 15) is 14.0 Å². The second kappa shape index (κ2) is 11.1. The fraction of sp³-hybridized carbons (Fsp3) is 0.357. The van der Waals surface area contributed by atoms with Gasteiger partial charge in [-0.25, -0.2) is 4.39 Å². The average Bonchev–Trinajstić information content (AvgIpc) is 3.21. The number of rotatable bonds is 5. The Kier molecular flexibility index (Phi) is 7.70. The maximum Gasteiger partial charge on any atom is 0.236 e. The van der Waals surface area contributed by atoms with Crippen LogP contribution < -0.4 is 0 Å². The minimum atomic E-state index is -0.308. The summed E-state index contributed by atoms with van der Waals surface area (Å²) in [7, 11) is 0. The van der Waals surface area contributed by atoms with E-state index < -0.39 is 0 Å². The predicted octanol–water partition coefficient (Wildman–Crippen LogP) is 4.79. The normalized spacial score (nSPS) is 18.6.